The summed E-state index contributed by atoms with van der Waals surface area (Å²) < 4.78 is 11.1. The molecule has 116 valence electrons. The van der Waals surface area contributed by atoms with Crippen molar-refractivity contribution in [3.05, 3.63) is 17.4 Å². The van der Waals surface area contributed by atoms with Crippen LogP contribution < -0.4 is 4.90 Å². The third-order valence-corrected chi connectivity index (χ3v) is 4.50. The SMILES string of the molecule is CC1OCC(CC2CCN(c3ncc(Cl)cn3)CC2)CO1. The van der Waals surface area contributed by atoms with Crippen molar-refractivity contribution in [2.45, 2.75) is 32.5 Å². The Bertz CT molecular complexity index is 441. The molecule has 0 atom stereocenters. The van der Waals surface area contributed by atoms with Gasteiger partial charge in [0.1, 0.15) is 0 Å². The summed E-state index contributed by atoms with van der Waals surface area (Å²) >= 11 is 5.83. The van der Waals surface area contributed by atoms with Crippen LogP contribution >= 0.6 is 11.6 Å². The predicted octanol–water partition coefficient (Wildman–Crippen LogP) is 2.75. The molecule has 0 radical (unpaired) electrons. The van der Waals surface area contributed by atoms with Gasteiger partial charge in [-0.15, -0.1) is 0 Å². The summed E-state index contributed by atoms with van der Waals surface area (Å²) in [4.78, 5) is 10.8. The third-order valence-electron chi connectivity index (χ3n) is 4.30. The Balaban J connectivity index is 1.45. The number of rotatable bonds is 3. The molecule has 2 saturated heterocycles. The summed E-state index contributed by atoms with van der Waals surface area (Å²) in [6.07, 6.45) is 6.84. The van der Waals surface area contributed by atoms with Crippen molar-refractivity contribution in [3.63, 3.8) is 0 Å². The summed E-state index contributed by atoms with van der Waals surface area (Å²) in [7, 11) is 0. The molecule has 2 aliphatic heterocycles. The van der Waals surface area contributed by atoms with Crippen LogP contribution in [0.5, 0.6) is 0 Å². The number of ether oxygens (including phenoxy) is 2. The van der Waals surface area contributed by atoms with Crippen molar-refractivity contribution in [2.24, 2.45) is 11.8 Å². The van der Waals surface area contributed by atoms with E-state index in [-0.39, 0.29) is 6.29 Å². The molecular formula is C15H22ClN3O2. The average Bonchev–Trinajstić information content (AvgIpc) is 2.51. The van der Waals surface area contributed by atoms with E-state index in [1.54, 1.807) is 12.4 Å². The molecule has 21 heavy (non-hydrogen) atoms. The Morgan fingerprint density at radius 3 is 2.38 bits per heavy atom. The Morgan fingerprint density at radius 2 is 1.76 bits per heavy atom. The number of hydrogen-bond donors (Lipinski definition) is 0. The predicted molar refractivity (Wildman–Crippen MR) is 81.5 cm³/mol. The maximum absolute atomic E-state index is 5.83. The van der Waals surface area contributed by atoms with Gasteiger partial charge >= 0.3 is 0 Å². The monoisotopic (exact) mass is 311 g/mol. The zero-order valence-electron chi connectivity index (χ0n) is 12.4. The fourth-order valence-corrected chi connectivity index (χ4v) is 3.18. The van der Waals surface area contributed by atoms with Gasteiger partial charge in [0.05, 0.1) is 30.6 Å². The van der Waals surface area contributed by atoms with Crippen LogP contribution in [0, 0.1) is 11.8 Å². The van der Waals surface area contributed by atoms with Crippen LogP contribution in [-0.4, -0.2) is 42.6 Å². The van der Waals surface area contributed by atoms with Crippen molar-refractivity contribution in [2.75, 3.05) is 31.2 Å². The van der Waals surface area contributed by atoms with Crippen molar-refractivity contribution in [3.8, 4) is 0 Å². The van der Waals surface area contributed by atoms with Crippen LogP contribution in [0.25, 0.3) is 0 Å². The third kappa shape index (κ3) is 4.05. The first-order chi connectivity index (χ1) is 10.2. The lowest BCUT2D eigenvalue weighted by Gasteiger charge is -2.35. The highest BCUT2D eigenvalue weighted by Gasteiger charge is 2.26. The molecule has 0 amide bonds. The summed E-state index contributed by atoms with van der Waals surface area (Å²) in [6.45, 7) is 5.65. The molecule has 1 aromatic heterocycles. The minimum Gasteiger partial charge on any atom is -0.353 e. The van der Waals surface area contributed by atoms with Crippen molar-refractivity contribution >= 4 is 17.5 Å². The number of halogens is 1. The quantitative estimate of drug-likeness (QED) is 0.859. The lowest BCUT2D eigenvalue weighted by Crippen LogP contribution is -2.37. The van der Waals surface area contributed by atoms with Gasteiger partial charge in [-0.1, -0.05) is 11.6 Å². The molecular weight excluding hydrogens is 290 g/mol. The van der Waals surface area contributed by atoms with Crippen LogP contribution in [-0.2, 0) is 9.47 Å². The molecule has 0 unspecified atom stereocenters. The highest BCUT2D eigenvalue weighted by Crippen LogP contribution is 2.28. The molecule has 0 saturated carbocycles. The van der Waals surface area contributed by atoms with E-state index in [2.05, 4.69) is 14.9 Å². The number of hydrogen-bond acceptors (Lipinski definition) is 5. The van der Waals surface area contributed by atoms with Crippen LogP contribution in [0.4, 0.5) is 5.95 Å². The van der Waals surface area contributed by atoms with Gasteiger partial charge in [0.25, 0.3) is 0 Å². The van der Waals surface area contributed by atoms with Gasteiger partial charge in [-0.05, 0) is 32.1 Å². The van der Waals surface area contributed by atoms with Gasteiger partial charge in [0, 0.05) is 19.0 Å². The molecule has 6 heteroatoms. The molecule has 0 N–H and O–H groups in total. The van der Waals surface area contributed by atoms with Gasteiger partial charge < -0.3 is 14.4 Å². The standard InChI is InChI=1S/C15H22ClN3O2/c1-11-20-9-13(10-21-11)6-12-2-4-19(5-3-12)15-17-7-14(16)8-18-15/h7-8,11-13H,2-6,9-10H2,1H3. The first-order valence-corrected chi connectivity index (χ1v) is 8.04. The van der Waals surface area contributed by atoms with Gasteiger partial charge in [-0.25, -0.2) is 9.97 Å². The topological polar surface area (TPSA) is 47.5 Å². The molecule has 2 fully saturated rings. The van der Waals surface area contributed by atoms with Gasteiger partial charge in [0.2, 0.25) is 5.95 Å². The molecule has 0 spiro atoms. The van der Waals surface area contributed by atoms with Crippen LogP contribution in [0.3, 0.4) is 0 Å². The Kier molecular flexibility index (Phi) is 4.93. The molecule has 0 aliphatic carbocycles. The van der Waals surface area contributed by atoms with E-state index in [1.807, 2.05) is 6.92 Å². The van der Waals surface area contributed by atoms with E-state index in [1.165, 1.54) is 19.3 Å². The van der Waals surface area contributed by atoms with Gasteiger partial charge in [0.15, 0.2) is 6.29 Å². The Labute approximate surface area is 130 Å². The maximum Gasteiger partial charge on any atom is 0.225 e. The van der Waals surface area contributed by atoms with Crippen molar-refractivity contribution in [1.82, 2.24) is 9.97 Å². The van der Waals surface area contributed by atoms with E-state index in [4.69, 9.17) is 21.1 Å². The summed E-state index contributed by atoms with van der Waals surface area (Å²) in [6, 6.07) is 0. The molecule has 1 aromatic rings. The van der Waals surface area contributed by atoms with Crippen LogP contribution in [0.2, 0.25) is 5.02 Å². The minimum absolute atomic E-state index is 0.0369. The number of aromatic nitrogens is 2. The molecule has 5 nitrogen and oxygen atoms in total. The van der Waals surface area contributed by atoms with E-state index in [9.17, 15) is 0 Å². The fraction of sp³-hybridized carbons (Fsp3) is 0.733. The number of anilines is 1. The lowest BCUT2D eigenvalue weighted by molar-refractivity contribution is -0.192. The molecule has 0 aromatic carbocycles. The van der Waals surface area contributed by atoms with E-state index < -0.39 is 0 Å². The average molecular weight is 312 g/mol. The fourth-order valence-electron chi connectivity index (χ4n) is 3.08. The van der Waals surface area contributed by atoms with Gasteiger partial charge in [-0.2, -0.15) is 0 Å². The number of nitrogens with zero attached hydrogens (tertiary/aromatic N) is 3. The highest BCUT2D eigenvalue weighted by atomic mass is 35.5. The first-order valence-electron chi connectivity index (χ1n) is 7.66. The minimum atomic E-state index is -0.0369. The molecule has 3 rings (SSSR count). The van der Waals surface area contributed by atoms with Crippen LogP contribution in [0.15, 0.2) is 12.4 Å². The first kappa shape index (κ1) is 15.0. The van der Waals surface area contributed by atoms with E-state index >= 15 is 0 Å². The second kappa shape index (κ2) is 6.90. The largest absolute Gasteiger partial charge is 0.353 e. The van der Waals surface area contributed by atoms with Crippen molar-refractivity contribution < 1.29 is 9.47 Å². The smallest absolute Gasteiger partial charge is 0.225 e. The lowest BCUT2D eigenvalue weighted by atomic mass is 9.87. The Hall–Kier alpha value is -0.910. The summed E-state index contributed by atoms with van der Waals surface area (Å²) in [5.74, 6) is 2.08. The highest BCUT2D eigenvalue weighted by molar-refractivity contribution is 6.30. The zero-order chi connectivity index (χ0) is 14.7. The molecule has 2 aliphatic rings. The summed E-state index contributed by atoms with van der Waals surface area (Å²) in [5.41, 5.74) is 0. The zero-order valence-corrected chi connectivity index (χ0v) is 13.1. The molecule has 0 bridgehead atoms. The van der Waals surface area contributed by atoms with Crippen molar-refractivity contribution in [1.29, 1.82) is 0 Å². The van der Waals surface area contributed by atoms with Gasteiger partial charge in [-0.3, -0.25) is 0 Å². The van der Waals surface area contributed by atoms with E-state index in [0.717, 1.165) is 38.2 Å². The maximum atomic E-state index is 5.83. The normalized spacial score (nSPS) is 27.8. The van der Waals surface area contributed by atoms with E-state index in [0.29, 0.717) is 10.9 Å². The number of piperidine rings is 1. The second-order valence-corrected chi connectivity index (χ2v) is 6.40. The second-order valence-electron chi connectivity index (χ2n) is 5.97. The summed E-state index contributed by atoms with van der Waals surface area (Å²) in [5, 5.41) is 0.583. The molecule has 3 heterocycles. The Morgan fingerprint density at radius 1 is 1.14 bits per heavy atom. The van der Waals surface area contributed by atoms with Crippen LogP contribution in [0.1, 0.15) is 26.2 Å².